The maximum atomic E-state index is 12.6. The number of para-hydroxylation sites is 1. The highest BCUT2D eigenvalue weighted by molar-refractivity contribution is 5.86. The molecule has 2 aromatic heterocycles. The number of hydrogen-bond acceptors (Lipinski definition) is 6. The van der Waals surface area contributed by atoms with Gasteiger partial charge in [-0.05, 0) is 30.3 Å². The average molecular weight is 412 g/mol. The summed E-state index contributed by atoms with van der Waals surface area (Å²) in [4.78, 5) is 16.7. The van der Waals surface area contributed by atoms with E-state index < -0.39 is 0 Å². The summed E-state index contributed by atoms with van der Waals surface area (Å²) in [6.45, 7) is 0. The second kappa shape index (κ2) is 8.91. The first-order chi connectivity index (χ1) is 15.2. The lowest BCUT2D eigenvalue weighted by Crippen LogP contribution is -2.18. The van der Waals surface area contributed by atoms with E-state index in [9.17, 15) is 4.79 Å². The minimum absolute atomic E-state index is 0.190. The maximum absolute atomic E-state index is 12.6. The number of benzene rings is 2. The predicted octanol–water partition coefficient (Wildman–Crippen LogP) is 3.53. The molecule has 0 spiro atoms. The summed E-state index contributed by atoms with van der Waals surface area (Å²) in [5, 5.41) is 15.2. The normalized spacial score (nSPS) is 11.2. The molecule has 0 amide bonds. The summed E-state index contributed by atoms with van der Waals surface area (Å²) in [6.07, 6.45) is 9.45. The van der Waals surface area contributed by atoms with Gasteiger partial charge >= 0.3 is 0 Å². The number of nitrogens with zero attached hydrogens (tertiary/aromatic N) is 4. The van der Waals surface area contributed by atoms with Crippen molar-refractivity contribution in [2.45, 2.75) is 0 Å². The topological polar surface area (TPSA) is 97.8 Å². The number of methoxy groups -OCH3 is 1. The minimum atomic E-state index is -0.262. The van der Waals surface area contributed by atoms with Gasteiger partial charge in [0.15, 0.2) is 5.69 Å². The summed E-state index contributed by atoms with van der Waals surface area (Å²) in [5.41, 5.74) is 2.69. The van der Waals surface area contributed by atoms with Gasteiger partial charge in [-0.2, -0.15) is 5.10 Å². The van der Waals surface area contributed by atoms with Gasteiger partial charge in [0.2, 0.25) is 5.43 Å². The molecule has 4 aromatic rings. The Balaban J connectivity index is 1.76. The smallest absolute Gasteiger partial charge is 0.209 e. The van der Waals surface area contributed by atoms with Crippen molar-refractivity contribution in [3.63, 3.8) is 0 Å². The van der Waals surface area contributed by atoms with E-state index in [0.29, 0.717) is 17.1 Å². The Bertz CT molecular complexity index is 1280. The van der Waals surface area contributed by atoms with E-state index in [-0.39, 0.29) is 11.1 Å². The van der Waals surface area contributed by atoms with Crippen LogP contribution >= 0.6 is 0 Å². The van der Waals surface area contributed by atoms with E-state index >= 15 is 0 Å². The van der Waals surface area contributed by atoms with Crippen LogP contribution in [-0.2, 0) is 0 Å². The van der Waals surface area contributed by atoms with Crippen molar-refractivity contribution in [1.29, 1.82) is 5.41 Å². The van der Waals surface area contributed by atoms with Gasteiger partial charge in [-0.1, -0.05) is 18.2 Å². The molecule has 0 saturated heterocycles. The molecule has 0 aliphatic carbocycles. The lowest BCUT2D eigenvalue weighted by Gasteiger charge is -2.15. The van der Waals surface area contributed by atoms with Crippen LogP contribution in [0.25, 0.3) is 17.1 Å². The summed E-state index contributed by atoms with van der Waals surface area (Å²) in [7, 11) is 1.58. The van der Waals surface area contributed by atoms with Gasteiger partial charge in [0, 0.05) is 42.6 Å². The van der Waals surface area contributed by atoms with Crippen molar-refractivity contribution in [3.8, 4) is 17.1 Å². The number of anilines is 1. The average Bonchev–Trinajstić information content (AvgIpc) is 3.35. The molecule has 2 aromatic carbocycles. The van der Waals surface area contributed by atoms with Crippen LogP contribution in [-0.4, -0.2) is 32.7 Å². The van der Waals surface area contributed by atoms with Gasteiger partial charge in [-0.15, -0.1) is 0 Å². The summed E-state index contributed by atoms with van der Waals surface area (Å²) in [5.74, 6) is 0.585. The van der Waals surface area contributed by atoms with Crippen LogP contribution in [0.1, 0.15) is 5.69 Å². The first-order valence-corrected chi connectivity index (χ1v) is 9.49. The fourth-order valence-corrected chi connectivity index (χ4v) is 3.10. The number of ether oxygens (including phenoxy) is 1. The van der Waals surface area contributed by atoms with Gasteiger partial charge in [-0.3, -0.25) is 4.79 Å². The Morgan fingerprint density at radius 3 is 2.68 bits per heavy atom. The van der Waals surface area contributed by atoms with Gasteiger partial charge in [0.05, 0.1) is 24.8 Å². The van der Waals surface area contributed by atoms with Crippen molar-refractivity contribution >= 4 is 17.6 Å². The van der Waals surface area contributed by atoms with Crippen LogP contribution < -0.4 is 15.5 Å². The van der Waals surface area contributed by atoms with Crippen LogP contribution in [0.3, 0.4) is 0 Å². The van der Waals surface area contributed by atoms with E-state index in [1.165, 1.54) is 12.1 Å². The third-order valence-corrected chi connectivity index (χ3v) is 4.58. The SMILES string of the molecule is COc1cc(-n2ccnc2)ccc1-n1ccc(=O)c(/C(=C/C=N)Nc2ccccc2)n1. The van der Waals surface area contributed by atoms with E-state index in [2.05, 4.69) is 15.4 Å². The molecule has 0 unspecified atom stereocenters. The van der Waals surface area contributed by atoms with Crippen LogP contribution in [0.5, 0.6) is 5.75 Å². The molecule has 31 heavy (non-hydrogen) atoms. The number of allylic oxidation sites excluding steroid dienone is 1. The molecule has 8 nitrogen and oxygen atoms in total. The van der Waals surface area contributed by atoms with Gasteiger partial charge < -0.3 is 20.0 Å². The van der Waals surface area contributed by atoms with Crippen LogP contribution in [0.2, 0.25) is 0 Å². The molecule has 4 rings (SSSR count). The van der Waals surface area contributed by atoms with E-state index in [1.807, 2.05) is 59.3 Å². The third-order valence-electron chi connectivity index (χ3n) is 4.58. The fraction of sp³-hybridized carbons (Fsp3) is 0.0435. The summed E-state index contributed by atoms with van der Waals surface area (Å²) >= 11 is 0. The highest BCUT2D eigenvalue weighted by atomic mass is 16.5. The van der Waals surface area contributed by atoms with Gasteiger partial charge in [0.25, 0.3) is 0 Å². The number of hydrogen-bond donors (Lipinski definition) is 2. The zero-order valence-electron chi connectivity index (χ0n) is 16.8. The van der Waals surface area contributed by atoms with E-state index in [0.717, 1.165) is 17.6 Å². The van der Waals surface area contributed by atoms with Crippen molar-refractivity contribution < 1.29 is 4.74 Å². The van der Waals surface area contributed by atoms with Gasteiger partial charge in [0.1, 0.15) is 11.4 Å². The largest absolute Gasteiger partial charge is 0.494 e. The molecule has 0 bridgehead atoms. The van der Waals surface area contributed by atoms with Crippen LogP contribution in [0, 0.1) is 5.41 Å². The molecule has 0 radical (unpaired) electrons. The molecule has 2 heterocycles. The number of nitrogens with one attached hydrogen (secondary N) is 2. The molecule has 0 atom stereocenters. The van der Waals surface area contributed by atoms with Crippen molar-refractivity contribution in [3.05, 3.63) is 102 Å². The highest BCUT2D eigenvalue weighted by Gasteiger charge is 2.13. The summed E-state index contributed by atoms with van der Waals surface area (Å²) in [6, 6.07) is 16.5. The molecule has 0 saturated carbocycles. The molecule has 8 heteroatoms. The van der Waals surface area contributed by atoms with Gasteiger partial charge in [-0.25, -0.2) is 9.67 Å². The van der Waals surface area contributed by atoms with E-state index in [4.69, 9.17) is 10.1 Å². The van der Waals surface area contributed by atoms with Crippen molar-refractivity contribution in [2.75, 3.05) is 12.4 Å². The number of aromatic nitrogens is 4. The Labute approximate surface area is 178 Å². The first kappa shape index (κ1) is 19.8. The Morgan fingerprint density at radius 2 is 1.97 bits per heavy atom. The molecule has 2 N–H and O–H groups in total. The molecule has 0 aliphatic rings. The van der Waals surface area contributed by atoms with Crippen LogP contribution in [0.4, 0.5) is 5.69 Å². The third kappa shape index (κ3) is 4.27. The summed E-state index contributed by atoms with van der Waals surface area (Å²) < 4.78 is 9.02. The monoisotopic (exact) mass is 412 g/mol. The number of imidazole rings is 1. The molecule has 0 aliphatic heterocycles. The minimum Gasteiger partial charge on any atom is -0.494 e. The second-order valence-corrected chi connectivity index (χ2v) is 6.54. The second-order valence-electron chi connectivity index (χ2n) is 6.54. The van der Waals surface area contributed by atoms with Crippen molar-refractivity contribution in [1.82, 2.24) is 19.3 Å². The number of rotatable bonds is 7. The Morgan fingerprint density at radius 1 is 1.13 bits per heavy atom. The molecular formula is C23H20N6O2. The quantitative estimate of drug-likeness (QED) is 0.453. The van der Waals surface area contributed by atoms with Crippen molar-refractivity contribution in [2.24, 2.45) is 0 Å². The standard InChI is InChI=1S/C23H20N6O2/c1-31-22-15-18(28-14-12-25-16-28)7-8-20(22)29-13-10-21(30)23(27-29)19(9-11-24)26-17-5-3-2-4-6-17/h2-16,24,26H,1H3/b19-9-,24-11?. The van der Waals surface area contributed by atoms with Crippen LogP contribution in [0.15, 0.2) is 90.4 Å². The predicted molar refractivity (Wildman–Crippen MR) is 120 cm³/mol. The Hall–Kier alpha value is -4.46. The Kier molecular flexibility index (Phi) is 5.70. The lowest BCUT2D eigenvalue weighted by molar-refractivity contribution is 0.411. The zero-order valence-corrected chi connectivity index (χ0v) is 16.8. The van der Waals surface area contributed by atoms with E-state index in [1.54, 1.807) is 30.5 Å². The molecule has 154 valence electrons. The molecular weight excluding hydrogens is 392 g/mol. The maximum Gasteiger partial charge on any atom is 0.209 e. The zero-order chi connectivity index (χ0) is 21.6. The highest BCUT2D eigenvalue weighted by Crippen LogP contribution is 2.25. The first-order valence-electron chi connectivity index (χ1n) is 9.49. The fourth-order valence-electron chi connectivity index (χ4n) is 3.10. The molecule has 0 fully saturated rings. The lowest BCUT2D eigenvalue weighted by atomic mass is 10.2.